The summed E-state index contributed by atoms with van der Waals surface area (Å²) in [5.41, 5.74) is -3.40. The number of amides is 1. The molecule has 0 saturated heterocycles. The van der Waals surface area contributed by atoms with Crippen molar-refractivity contribution in [2.45, 2.75) is 57.8 Å². The fraction of sp³-hybridized carbons (Fsp3) is 0.562. The van der Waals surface area contributed by atoms with E-state index in [1.165, 1.54) is 0 Å². The largest absolute Gasteiger partial charge is 0.416 e. The number of benzene rings is 1. The van der Waals surface area contributed by atoms with Gasteiger partial charge in [0.2, 0.25) is 5.91 Å². The summed E-state index contributed by atoms with van der Waals surface area (Å²) >= 11 is 0. The molecule has 0 atom stereocenters. The van der Waals surface area contributed by atoms with Crippen LogP contribution in [0.5, 0.6) is 0 Å². The summed E-state index contributed by atoms with van der Waals surface area (Å²) in [5, 5.41) is 2.12. The molecule has 0 aliphatic carbocycles. The molecule has 0 radical (unpaired) electrons. The SMILES string of the molecule is CCCCCCCC(=O)Nc1cc(C(F)(F)F)cc(C(F)(F)F)c1. The zero-order valence-electron chi connectivity index (χ0n) is 13.2. The first-order valence-corrected chi connectivity index (χ1v) is 7.63. The number of rotatable bonds is 7. The molecule has 8 heteroatoms. The van der Waals surface area contributed by atoms with Gasteiger partial charge < -0.3 is 5.32 Å². The van der Waals surface area contributed by atoms with Crippen LogP contribution in [0.2, 0.25) is 0 Å². The van der Waals surface area contributed by atoms with Gasteiger partial charge in [-0.05, 0) is 24.6 Å². The molecule has 0 aliphatic rings. The van der Waals surface area contributed by atoms with Crippen molar-refractivity contribution in [3.63, 3.8) is 0 Å². The Kier molecular flexibility index (Phi) is 7.10. The molecule has 0 heterocycles. The topological polar surface area (TPSA) is 29.1 Å². The van der Waals surface area contributed by atoms with Crippen molar-refractivity contribution in [1.29, 1.82) is 0 Å². The van der Waals surface area contributed by atoms with Crippen molar-refractivity contribution in [3.05, 3.63) is 29.3 Å². The van der Waals surface area contributed by atoms with Gasteiger partial charge >= 0.3 is 12.4 Å². The molecule has 0 unspecified atom stereocenters. The van der Waals surface area contributed by atoms with Crippen LogP contribution in [0.4, 0.5) is 32.0 Å². The molecule has 0 aromatic heterocycles. The molecule has 0 fully saturated rings. The molecule has 136 valence electrons. The van der Waals surface area contributed by atoms with E-state index < -0.39 is 35.1 Å². The number of carbonyl (C=O) groups excluding carboxylic acids is 1. The summed E-state index contributed by atoms with van der Waals surface area (Å²) < 4.78 is 76.3. The van der Waals surface area contributed by atoms with Crippen molar-refractivity contribution >= 4 is 11.6 Å². The molecular weight excluding hydrogens is 336 g/mol. The standard InChI is InChI=1S/C16H19F6NO/c1-2-3-4-5-6-7-14(24)23-13-9-11(15(17,18)19)8-12(10-13)16(20,21)22/h8-10H,2-7H2,1H3,(H,23,24). The smallest absolute Gasteiger partial charge is 0.326 e. The number of anilines is 1. The summed E-state index contributed by atoms with van der Waals surface area (Å²) in [6, 6.07) is 1.04. The first kappa shape index (κ1) is 20.3. The second-order valence-corrected chi connectivity index (χ2v) is 5.51. The Morgan fingerprint density at radius 3 is 1.83 bits per heavy atom. The van der Waals surface area contributed by atoms with E-state index >= 15 is 0 Å². The van der Waals surface area contributed by atoms with Crippen molar-refractivity contribution in [1.82, 2.24) is 0 Å². The van der Waals surface area contributed by atoms with Crippen LogP contribution in [-0.4, -0.2) is 5.91 Å². The first-order valence-electron chi connectivity index (χ1n) is 7.63. The highest BCUT2D eigenvalue weighted by molar-refractivity contribution is 5.90. The third-order valence-corrected chi connectivity index (χ3v) is 3.38. The lowest BCUT2D eigenvalue weighted by Gasteiger charge is -2.14. The molecule has 24 heavy (non-hydrogen) atoms. The van der Waals surface area contributed by atoms with Gasteiger partial charge in [-0.15, -0.1) is 0 Å². The lowest BCUT2D eigenvalue weighted by Crippen LogP contribution is -2.15. The molecule has 0 aliphatic heterocycles. The van der Waals surface area contributed by atoms with Gasteiger partial charge in [0.15, 0.2) is 0 Å². The van der Waals surface area contributed by atoms with Crippen LogP contribution < -0.4 is 5.32 Å². The number of hydrogen-bond donors (Lipinski definition) is 1. The second-order valence-electron chi connectivity index (χ2n) is 5.51. The van der Waals surface area contributed by atoms with E-state index in [0.717, 1.165) is 25.7 Å². The average molecular weight is 355 g/mol. The minimum Gasteiger partial charge on any atom is -0.326 e. The van der Waals surface area contributed by atoms with E-state index in [9.17, 15) is 31.1 Å². The Hall–Kier alpha value is -1.73. The van der Waals surface area contributed by atoms with Gasteiger partial charge in [0.1, 0.15) is 0 Å². The van der Waals surface area contributed by atoms with Gasteiger partial charge in [-0.2, -0.15) is 26.3 Å². The lowest BCUT2D eigenvalue weighted by atomic mass is 10.1. The first-order chi connectivity index (χ1) is 11.0. The third-order valence-electron chi connectivity index (χ3n) is 3.38. The Morgan fingerprint density at radius 1 is 0.875 bits per heavy atom. The second kappa shape index (κ2) is 8.39. The van der Waals surface area contributed by atoms with E-state index in [4.69, 9.17) is 0 Å². The molecule has 1 rings (SSSR count). The Bertz CT molecular complexity index is 518. The normalized spacial score (nSPS) is 12.3. The lowest BCUT2D eigenvalue weighted by molar-refractivity contribution is -0.143. The quantitative estimate of drug-likeness (QED) is 0.470. The minimum atomic E-state index is -4.93. The molecule has 0 saturated carbocycles. The van der Waals surface area contributed by atoms with Crippen LogP contribution in [-0.2, 0) is 17.1 Å². The molecule has 1 amide bonds. The number of nitrogens with one attached hydrogen (secondary N) is 1. The summed E-state index contributed by atoms with van der Waals surface area (Å²) in [6.45, 7) is 2.03. The highest BCUT2D eigenvalue weighted by atomic mass is 19.4. The van der Waals surface area contributed by atoms with E-state index in [-0.39, 0.29) is 12.5 Å². The summed E-state index contributed by atoms with van der Waals surface area (Å²) in [6.07, 6.45) is -5.50. The zero-order chi connectivity index (χ0) is 18.4. The predicted molar refractivity (Wildman–Crippen MR) is 78.5 cm³/mol. The molecule has 0 bridgehead atoms. The van der Waals surface area contributed by atoms with Gasteiger partial charge in [-0.25, -0.2) is 0 Å². The van der Waals surface area contributed by atoms with Gasteiger partial charge in [0.25, 0.3) is 0 Å². The molecule has 1 N–H and O–H groups in total. The summed E-state index contributed by atoms with van der Waals surface area (Å²) in [5.74, 6) is -0.598. The van der Waals surface area contributed by atoms with Gasteiger partial charge in [-0.3, -0.25) is 4.79 Å². The summed E-state index contributed by atoms with van der Waals surface area (Å²) in [4.78, 5) is 11.7. The average Bonchev–Trinajstić information content (AvgIpc) is 2.45. The minimum absolute atomic E-state index is 0.0282. The monoisotopic (exact) mass is 355 g/mol. The van der Waals surface area contributed by atoms with E-state index in [1.807, 2.05) is 6.92 Å². The van der Waals surface area contributed by atoms with Crippen LogP contribution >= 0.6 is 0 Å². The van der Waals surface area contributed by atoms with Gasteiger partial charge in [-0.1, -0.05) is 32.6 Å². The number of halogens is 6. The molecule has 1 aromatic carbocycles. The van der Waals surface area contributed by atoms with Crippen molar-refractivity contribution in [3.8, 4) is 0 Å². The van der Waals surface area contributed by atoms with Crippen LogP contribution in [0.15, 0.2) is 18.2 Å². The van der Waals surface area contributed by atoms with Crippen LogP contribution in [0.25, 0.3) is 0 Å². The maximum absolute atomic E-state index is 12.7. The van der Waals surface area contributed by atoms with Crippen molar-refractivity contribution in [2.24, 2.45) is 0 Å². The number of alkyl halides is 6. The van der Waals surface area contributed by atoms with Crippen LogP contribution in [0, 0.1) is 0 Å². The zero-order valence-corrected chi connectivity index (χ0v) is 13.2. The Labute approximate surface area is 136 Å². The summed E-state index contributed by atoms with van der Waals surface area (Å²) in [7, 11) is 0. The van der Waals surface area contributed by atoms with E-state index in [1.54, 1.807) is 0 Å². The van der Waals surface area contributed by atoms with Crippen LogP contribution in [0.3, 0.4) is 0 Å². The Balaban J connectivity index is 2.81. The molecule has 0 spiro atoms. The van der Waals surface area contributed by atoms with Crippen molar-refractivity contribution < 1.29 is 31.1 Å². The predicted octanol–water partition coefficient (Wildman–Crippen LogP) is 6.02. The Morgan fingerprint density at radius 2 is 1.38 bits per heavy atom. The van der Waals surface area contributed by atoms with Crippen molar-refractivity contribution in [2.75, 3.05) is 5.32 Å². The maximum atomic E-state index is 12.7. The number of hydrogen-bond acceptors (Lipinski definition) is 1. The highest BCUT2D eigenvalue weighted by Crippen LogP contribution is 2.37. The van der Waals surface area contributed by atoms with E-state index in [2.05, 4.69) is 5.32 Å². The third kappa shape index (κ3) is 6.80. The maximum Gasteiger partial charge on any atom is 0.416 e. The fourth-order valence-corrected chi connectivity index (χ4v) is 2.14. The molecular formula is C16H19F6NO. The van der Waals surface area contributed by atoms with Gasteiger partial charge in [0, 0.05) is 12.1 Å². The number of carbonyl (C=O) groups is 1. The van der Waals surface area contributed by atoms with E-state index in [0.29, 0.717) is 18.6 Å². The molecule has 2 nitrogen and oxygen atoms in total. The van der Waals surface area contributed by atoms with Gasteiger partial charge in [0.05, 0.1) is 11.1 Å². The fourth-order valence-electron chi connectivity index (χ4n) is 2.14. The highest BCUT2D eigenvalue weighted by Gasteiger charge is 2.37. The number of unbranched alkanes of at least 4 members (excludes halogenated alkanes) is 4. The molecule has 1 aromatic rings. The van der Waals surface area contributed by atoms with Crippen LogP contribution in [0.1, 0.15) is 56.6 Å².